The first-order valence-electron chi connectivity index (χ1n) is 14.4. The first-order valence-corrected chi connectivity index (χ1v) is 14.4. The third-order valence-corrected chi connectivity index (χ3v) is 7.47. The summed E-state index contributed by atoms with van der Waals surface area (Å²) in [6.45, 7) is 5.83. The van der Waals surface area contributed by atoms with E-state index in [-0.39, 0.29) is 11.5 Å². The fourth-order valence-corrected chi connectivity index (χ4v) is 5.32. The van der Waals surface area contributed by atoms with E-state index >= 15 is 0 Å². The maximum absolute atomic E-state index is 10.1. The zero-order valence-corrected chi connectivity index (χ0v) is 23.1. The van der Waals surface area contributed by atoms with E-state index in [1.165, 1.54) is 63.4 Å². The van der Waals surface area contributed by atoms with Gasteiger partial charge >= 0.3 is 0 Å². The molecule has 0 aliphatic rings. The van der Waals surface area contributed by atoms with Gasteiger partial charge in [-0.3, -0.25) is 0 Å². The van der Waals surface area contributed by atoms with Crippen LogP contribution in [0, 0.1) is 6.92 Å². The molecular formula is C34H43NO3. The van der Waals surface area contributed by atoms with Gasteiger partial charge in [-0.15, -0.1) is 0 Å². The van der Waals surface area contributed by atoms with Crippen LogP contribution in [0.1, 0.15) is 82.3 Å². The molecule has 0 radical (unpaired) electrons. The Morgan fingerprint density at radius 1 is 0.684 bits per heavy atom. The standard InChI is InChI=1S/C34H43NO3/c1-3-4-5-6-7-8-9-10-11-12-23-38-31-20-13-27(14-21-31)25-35-33-22-19-30(37)24-32(33)26(2)34(35)28-15-17-29(36)18-16-28/h13-22,24,36-37H,3-12,23,25H2,1-2H3. The predicted octanol–water partition coefficient (Wildman–Crippen LogP) is 9.38. The highest BCUT2D eigenvalue weighted by Crippen LogP contribution is 2.36. The molecule has 4 aromatic rings. The van der Waals surface area contributed by atoms with Gasteiger partial charge in [-0.1, -0.05) is 76.8 Å². The number of phenols is 2. The summed E-state index contributed by atoms with van der Waals surface area (Å²) in [5.41, 5.74) is 5.49. The van der Waals surface area contributed by atoms with E-state index in [0.717, 1.165) is 46.5 Å². The number of aromatic hydroxyl groups is 2. The largest absolute Gasteiger partial charge is 0.508 e. The minimum absolute atomic E-state index is 0.250. The lowest BCUT2D eigenvalue weighted by Gasteiger charge is -2.13. The first-order chi connectivity index (χ1) is 18.6. The van der Waals surface area contributed by atoms with Crippen molar-refractivity contribution in [2.45, 2.75) is 84.6 Å². The maximum Gasteiger partial charge on any atom is 0.119 e. The molecule has 2 N–H and O–H groups in total. The quantitative estimate of drug-likeness (QED) is 0.156. The number of nitrogens with zero attached hydrogens (tertiary/aromatic N) is 1. The number of benzene rings is 3. The summed E-state index contributed by atoms with van der Waals surface area (Å²) in [4.78, 5) is 0. The number of unbranched alkanes of at least 4 members (excludes halogenated alkanes) is 9. The van der Waals surface area contributed by atoms with E-state index in [1.54, 1.807) is 18.2 Å². The van der Waals surface area contributed by atoms with Crippen LogP contribution >= 0.6 is 0 Å². The average Bonchev–Trinajstić information content (AvgIpc) is 3.19. The van der Waals surface area contributed by atoms with Gasteiger partial charge in [-0.2, -0.15) is 0 Å². The summed E-state index contributed by atoms with van der Waals surface area (Å²) in [6, 6.07) is 21.3. The minimum Gasteiger partial charge on any atom is -0.508 e. The van der Waals surface area contributed by atoms with E-state index < -0.39 is 0 Å². The summed E-state index contributed by atoms with van der Waals surface area (Å²) in [5.74, 6) is 1.43. The monoisotopic (exact) mass is 513 g/mol. The van der Waals surface area contributed by atoms with Crippen molar-refractivity contribution in [2.75, 3.05) is 6.61 Å². The van der Waals surface area contributed by atoms with E-state index in [2.05, 4.69) is 42.7 Å². The number of ether oxygens (including phenoxy) is 1. The molecule has 1 aromatic heterocycles. The second kappa shape index (κ2) is 13.9. The topological polar surface area (TPSA) is 54.6 Å². The molecule has 0 amide bonds. The van der Waals surface area contributed by atoms with Crippen LogP contribution < -0.4 is 4.74 Å². The van der Waals surface area contributed by atoms with Gasteiger partial charge in [0.15, 0.2) is 0 Å². The lowest BCUT2D eigenvalue weighted by molar-refractivity contribution is 0.304. The number of phenolic OH excluding ortho intramolecular Hbond substituents is 2. The van der Waals surface area contributed by atoms with E-state index in [4.69, 9.17) is 4.74 Å². The van der Waals surface area contributed by atoms with Gasteiger partial charge in [-0.25, -0.2) is 0 Å². The molecule has 0 spiro atoms. The normalized spacial score (nSPS) is 11.3. The van der Waals surface area contributed by atoms with Gasteiger partial charge in [0.25, 0.3) is 0 Å². The third-order valence-electron chi connectivity index (χ3n) is 7.47. The number of rotatable bonds is 15. The summed E-state index contributed by atoms with van der Waals surface area (Å²) in [7, 11) is 0. The Labute approximate surface area is 227 Å². The molecule has 202 valence electrons. The Hall–Kier alpha value is -3.40. The second-order valence-corrected chi connectivity index (χ2v) is 10.5. The Balaban J connectivity index is 1.33. The van der Waals surface area contributed by atoms with Crippen LogP contribution in [0.2, 0.25) is 0 Å². The van der Waals surface area contributed by atoms with Gasteiger partial charge < -0.3 is 19.5 Å². The zero-order chi connectivity index (χ0) is 26.7. The van der Waals surface area contributed by atoms with Gasteiger partial charge in [0, 0.05) is 17.4 Å². The van der Waals surface area contributed by atoms with Gasteiger partial charge in [0.1, 0.15) is 17.2 Å². The molecular weight excluding hydrogens is 470 g/mol. The Kier molecular flexibility index (Phi) is 10.1. The van der Waals surface area contributed by atoms with E-state index in [1.807, 2.05) is 24.3 Å². The minimum atomic E-state index is 0.250. The molecule has 4 nitrogen and oxygen atoms in total. The molecule has 0 unspecified atom stereocenters. The van der Waals surface area contributed by atoms with Gasteiger partial charge in [0.05, 0.1) is 12.3 Å². The Morgan fingerprint density at radius 3 is 1.95 bits per heavy atom. The number of fused-ring (bicyclic) bond motifs is 1. The number of aryl methyl sites for hydroxylation is 1. The van der Waals surface area contributed by atoms with Crippen molar-refractivity contribution in [2.24, 2.45) is 0 Å². The van der Waals surface area contributed by atoms with Crippen LogP contribution in [0.5, 0.6) is 17.2 Å². The molecule has 0 bridgehead atoms. The zero-order valence-electron chi connectivity index (χ0n) is 23.1. The van der Waals surface area contributed by atoms with Crippen molar-refractivity contribution in [3.63, 3.8) is 0 Å². The lowest BCUT2D eigenvalue weighted by Crippen LogP contribution is -2.03. The summed E-state index contributed by atoms with van der Waals surface area (Å²) < 4.78 is 8.30. The molecule has 0 atom stereocenters. The molecule has 0 saturated heterocycles. The highest BCUT2D eigenvalue weighted by Gasteiger charge is 2.17. The van der Waals surface area contributed by atoms with Crippen LogP contribution in [0.25, 0.3) is 22.2 Å². The average molecular weight is 514 g/mol. The smallest absolute Gasteiger partial charge is 0.119 e. The molecule has 0 aliphatic heterocycles. The van der Waals surface area contributed by atoms with Gasteiger partial charge in [0.2, 0.25) is 0 Å². The molecule has 0 fully saturated rings. The summed E-state index contributed by atoms with van der Waals surface area (Å²) >= 11 is 0. The predicted molar refractivity (Wildman–Crippen MR) is 158 cm³/mol. The Bertz CT molecular complexity index is 1270. The van der Waals surface area contributed by atoms with Crippen molar-refractivity contribution in [3.8, 4) is 28.5 Å². The molecule has 0 aliphatic carbocycles. The fourth-order valence-electron chi connectivity index (χ4n) is 5.32. The van der Waals surface area contributed by atoms with Crippen molar-refractivity contribution >= 4 is 10.9 Å². The molecule has 3 aromatic carbocycles. The van der Waals surface area contributed by atoms with Crippen molar-refractivity contribution < 1.29 is 14.9 Å². The number of hydrogen-bond donors (Lipinski definition) is 2. The SMILES string of the molecule is CCCCCCCCCCCCOc1ccc(Cn2c(-c3ccc(O)cc3)c(C)c3cc(O)ccc32)cc1. The van der Waals surface area contributed by atoms with Crippen LogP contribution in [-0.4, -0.2) is 21.4 Å². The maximum atomic E-state index is 10.1. The fraction of sp³-hybridized carbons (Fsp3) is 0.412. The van der Waals surface area contributed by atoms with Crippen molar-refractivity contribution in [1.82, 2.24) is 4.57 Å². The second-order valence-electron chi connectivity index (χ2n) is 10.5. The highest BCUT2D eigenvalue weighted by molar-refractivity contribution is 5.92. The van der Waals surface area contributed by atoms with Crippen LogP contribution in [0.4, 0.5) is 0 Å². The van der Waals surface area contributed by atoms with Crippen LogP contribution in [0.15, 0.2) is 66.7 Å². The molecule has 4 heteroatoms. The summed E-state index contributed by atoms with van der Waals surface area (Å²) in [5, 5.41) is 20.9. The van der Waals surface area contributed by atoms with E-state index in [9.17, 15) is 10.2 Å². The third kappa shape index (κ3) is 7.34. The molecule has 38 heavy (non-hydrogen) atoms. The molecule has 4 rings (SSSR count). The number of hydrogen-bond acceptors (Lipinski definition) is 3. The first kappa shape index (κ1) is 27.6. The van der Waals surface area contributed by atoms with E-state index in [0.29, 0.717) is 6.54 Å². The van der Waals surface area contributed by atoms with Crippen molar-refractivity contribution in [3.05, 3.63) is 77.9 Å². The van der Waals surface area contributed by atoms with Gasteiger partial charge in [-0.05, 0) is 84.6 Å². The van der Waals surface area contributed by atoms with Crippen LogP contribution in [-0.2, 0) is 6.54 Å². The highest BCUT2D eigenvalue weighted by atomic mass is 16.5. The molecule has 1 heterocycles. The van der Waals surface area contributed by atoms with Crippen molar-refractivity contribution in [1.29, 1.82) is 0 Å². The molecule has 0 saturated carbocycles. The number of aromatic nitrogens is 1. The lowest BCUT2D eigenvalue weighted by atomic mass is 10.1. The van der Waals surface area contributed by atoms with Crippen LogP contribution in [0.3, 0.4) is 0 Å². The summed E-state index contributed by atoms with van der Waals surface area (Å²) in [6.07, 6.45) is 13.3. The Morgan fingerprint density at radius 2 is 1.29 bits per heavy atom.